The number of aliphatic hydroxyl groups is 4. The highest BCUT2D eigenvalue weighted by molar-refractivity contribution is 9.10. The molecule has 0 saturated carbocycles. The van der Waals surface area contributed by atoms with Gasteiger partial charge in [0.25, 0.3) is 11.7 Å². The lowest BCUT2D eigenvalue weighted by atomic mass is 10.0. The Morgan fingerprint density at radius 1 is 1.06 bits per heavy atom. The second kappa shape index (κ2) is 5.00. The van der Waals surface area contributed by atoms with Crippen molar-refractivity contribution in [3.8, 4) is 11.5 Å². The highest BCUT2D eigenvalue weighted by Crippen LogP contribution is 2.39. The van der Waals surface area contributed by atoms with Crippen LogP contribution >= 0.6 is 15.9 Å². The standard InChI is InChI=1S/C10H14BrNO6/c1-17-7-4-6(11)8(18-2)3-5(7)9(13,14)10(12,15)16/h3-4,13-16H,12H2,1-2H3. The Kier molecular flexibility index (Phi) is 4.21. The fourth-order valence-electron chi connectivity index (χ4n) is 1.33. The fourth-order valence-corrected chi connectivity index (χ4v) is 1.82. The molecule has 0 heterocycles. The minimum absolute atomic E-state index is 0.00870. The molecule has 18 heavy (non-hydrogen) atoms. The Hall–Kier alpha value is -0.900. The zero-order chi connectivity index (χ0) is 14.1. The van der Waals surface area contributed by atoms with E-state index in [-0.39, 0.29) is 17.1 Å². The molecule has 0 amide bonds. The van der Waals surface area contributed by atoms with Gasteiger partial charge in [0.15, 0.2) is 0 Å². The van der Waals surface area contributed by atoms with Crippen LogP contribution in [0, 0.1) is 0 Å². The molecule has 0 unspecified atom stereocenters. The lowest BCUT2D eigenvalue weighted by Crippen LogP contribution is -2.58. The van der Waals surface area contributed by atoms with Crippen molar-refractivity contribution in [1.29, 1.82) is 0 Å². The summed E-state index contributed by atoms with van der Waals surface area (Å²) in [5.74, 6) is -6.17. The van der Waals surface area contributed by atoms with E-state index in [0.717, 1.165) is 6.07 Å². The third-order valence-corrected chi connectivity index (χ3v) is 2.98. The summed E-state index contributed by atoms with van der Waals surface area (Å²) in [5, 5.41) is 37.8. The van der Waals surface area contributed by atoms with Gasteiger partial charge in [0.1, 0.15) is 11.5 Å². The second-order valence-electron chi connectivity index (χ2n) is 3.59. The molecule has 0 spiro atoms. The summed E-state index contributed by atoms with van der Waals surface area (Å²) in [4.78, 5) is 0. The van der Waals surface area contributed by atoms with Crippen molar-refractivity contribution < 1.29 is 29.9 Å². The summed E-state index contributed by atoms with van der Waals surface area (Å²) < 4.78 is 10.4. The van der Waals surface area contributed by atoms with E-state index in [9.17, 15) is 20.4 Å². The molecule has 0 aliphatic heterocycles. The van der Waals surface area contributed by atoms with Crippen molar-refractivity contribution in [2.24, 2.45) is 5.73 Å². The van der Waals surface area contributed by atoms with E-state index in [4.69, 9.17) is 15.2 Å². The van der Waals surface area contributed by atoms with Crippen molar-refractivity contribution in [2.45, 2.75) is 11.7 Å². The molecule has 6 N–H and O–H groups in total. The van der Waals surface area contributed by atoms with Crippen LogP contribution in [-0.2, 0) is 5.79 Å². The molecular weight excluding hydrogens is 310 g/mol. The van der Waals surface area contributed by atoms with Crippen LogP contribution in [0.3, 0.4) is 0 Å². The van der Waals surface area contributed by atoms with Crippen molar-refractivity contribution >= 4 is 15.9 Å². The van der Waals surface area contributed by atoms with E-state index in [2.05, 4.69) is 15.9 Å². The number of hydrogen-bond acceptors (Lipinski definition) is 7. The van der Waals surface area contributed by atoms with Crippen LogP contribution in [0.15, 0.2) is 16.6 Å². The molecule has 8 heteroatoms. The van der Waals surface area contributed by atoms with Gasteiger partial charge < -0.3 is 29.9 Å². The van der Waals surface area contributed by atoms with Gasteiger partial charge in [-0.2, -0.15) is 0 Å². The van der Waals surface area contributed by atoms with Gasteiger partial charge in [0.05, 0.1) is 24.3 Å². The summed E-state index contributed by atoms with van der Waals surface area (Å²) in [5.41, 5.74) is 4.55. The maximum absolute atomic E-state index is 9.72. The van der Waals surface area contributed by atoms with Crippen LogP contribution in [0.5, 0.6) is 11.5 Å². The highest BCUT2D eigenvalue weighted by Gasteiger charge is 2.48. The molecule has 0 radical (unpaired) electrons. The molecule has 1 aromatic rings. The zero-order valence-corrected chi connectivity index (χ0v) is 11.3. The summed E-state index contributed by atoms with van der Waals surface area (Å²) >= 11 is 3.17. The van der Waals surface area contributed by atoms with Gasteiger partial charge in [-0.3, -0.25) is 5.73 Å². The molecule has 0 aromatic heterocycles. The molecule has 7 nitrogen and oxygen atoms in total. The predicted octanol–water partition coefficient (Wildman–Crippen LogP) is -0.799. The van der Waals surface area contributed by atoms with Crippen LogP contribution < -0.4 is 15.2 Å². The molecule has 0 saturated heterocycles. The van der Waals surface area contributed by atoms with E-state index in [0.29, 0.717) is 4.47 Å². The molecule has 0 atom stereocenters. The summed E-state index contributed by atoms with van der Waals surface area (Å²) in [6.07, 6.45) is 0. The number of benzene rings is 1. The molecule has 102 valence electrons. The largest absolute Gasteiger partial charge is 0.496 e. The Morgan fingerprint density at radius 2 is 1.56 bits per heavy atom. The van der Waals surface area contributed by atoms with Crippen molar-refractivity contribution in [3.05, 3.63) is 22.2 Å². The summed E-state index contributed by atoms with van der Waals surface area (Å²) in [7, 11) is 2.64. The van der Waals surface area contributed by atoms with Gasteiger partial charge in [-0.1, -0.05) is 0 Å². The van der Waals surface area contributed by atoms with Crippen LogP contribution in [0.25, 0.3) is 0 Å². The number of nitrogens with two attached hydrogens (primary N) is 1. The lowest BCUT2D eigenvalue weighted by Gasteiger charge is -2.32. The van der Waals surface area contributed by atoms with Crippen LogP contribution in [0.2, 0.25) is 0 Å². The van der Waals surface area contributed by atoms with Crippen LogP contribution in [0.4, 0.5) is 0 Å². The molecule has 0 aliphatic carbocycles. The quantitative estimate of drug-likeness (QED) is 0.459. The number of rotatable bonds is 4. The summed E-state index contributed by atoms with van der Waals surface area (Å²) in [6, 6.07) is 2.54. The normalized spacial score (nSPS) is 12.4. The first kappa shape index (κ1) is 15.2. The summed E-state index contributed by atoms with van der Waals surface area (Å²) in [6.45, 7) is 0. The zero-order valence-electron chi connectivity index (χ0n) is 9.72. The van der Waals surface area contributed by atoms with Gasteiger partial charge in [0.2, 0.25) is 0 Å². The predicted molar refractivity (Wildman–Crippen MR) is 64.7 cm³/mol. The van der Waals surface area contributed by atoms with Crippen LogP contribution in [-0.4, -0.2) is 40.6 Å². The Balaban J connectivity index is 3.48. The molecular formula is C10H14BrNO6. The van der Waals surface area contributed by atoms with E-state index in [1.54, 1.807) is 0 Å². The first-order valence-corrected chi connectivity index (χ1v) is 5.54. The Bertz CT molecular complexity index is 443. The maximum Gasteiger partial charge on any atom is 0.281 e. The lowest BCUT2D eigenvalue weighted by molar-refractivity contribution is -0.363. The average Bonchev–Trinajstić information content (AvgIpc) is 2.26. The third kappa shape index (κ3) is 2.58. The Morgan fingerprint density at radius 3 is 1.94 bits per heavy atom. The van der Waals surface area contributed by atoms with Crippen molar-refractivity contribution in [1.82, 2.24) is 0 Å². The number of methoxy groups -OCH3 is 2. The fraction of sp³-hybridized carbons (Fsp3) is 0.400. The SMILES string of the molecule is COc1cc(C(O)(O)C(N)(O)O)c(OC)cc1Br. The topological polar surface area (TPSA) is 125 Å². The minimum atomic E-state index is -3.26. The van der Waals surface area contributed by atoms with Gasteiger partial charge in [-0.25, -0.2) is 0 Å². The second-order valence-corrected chi connectivity index (χ2v) is 4.44. The number of hydrogen-bond donors (Lipinski definition) is 5. The average molecular weight is 324 g/mol. The smallest absolute Gasteiger partial charge is 0.281 e. The van der Waals surface area contributed by atoms with Gasteiger partial charge in [-0.15, -0.1) is 0 Å². The monoisotopic (exact) mass is 323 g/mol. The van der Waals surface area contributed by atoms with Crippen molar-refractivity contribution in [3.63, 3.8) is 0 Å². The Labute approximate surface area is 112 Å². The van der Waals surface area contributed by atoms with Crippen molar-refractivity contribution in [2.75, 3.05) is 14.2 Å². The molecule has 1 aromatic carbocycles. The molecule has 0 fully saturated rings. The highest BCUT2D eigenvalue weighted by atomic mass is 79.9. The molecule has 0 bridgehead atoms. The van der Waals surface area contributed by atoms with E-state index in [1.165, 1.54) is 20.3 Å². The first-order chi connectivity index (χ1) is 8.15. The van der Waals surface area contributed by atoms with Crippen LogP contribution in [0.1, 0.15) is 5.56 Å². The molecule has 0 aliphatic rings. The van der Waals surface area contributed by atoms with E-state index in [1.807, 2.05) is 0 Å². The van der Waals surface area contributed by atoms with Gasteiger partial charge >= 0.3 is 0 Å². The number of ether oxygens (including phenoxy) is 2. The molecule has 1 rings (SSSR count). The van der Waals surface area contributed by atoms with E-state index >= 15 is 0 Å². The number of halogens is 1. The maximum atomic E-state index is 9.72. The third-order valence-electron chi connectivity index (χ3n) is 2.36. The minimum Gasteiger partial charge on any atom is -0.496 e. The van der Waals surface area contributed by atoms with Gasteiger partial charge in [0, 0.05) is 0 Å². The van der Waals surface area contributed by atoms with Gasteiger partial charge in [-0.05, 0) is 28.1 Å². The van der Waals surface area contributed by atoms with E-state index < -0.39 is 11.7 Å². The first-order valence-electron chi connectivity index (χ1n) is 4.75.